The van der Waals surface area contributed by atoms with Gasteiger partial charge in [-0.25, -0.2) is 0 Å². The number of ether oxygens (including phenoxy) is 1. The predicted molar refractivity (Wildman–Crippen MR) is 110 cm³/mol. The Labute approximate surface area is 168 Å². The summed E-state index contributed by atoms with van der Waals surface area (Å²) in [4.78, 5) is 16.7. The third kappa shape index (κ3) is 2.49. The Morgan fingerprint density at radius 3 is 2.86 bits per heavy atom. The number of methoxy groups -OCH3 is 1. The van der Waals surface area contributed by atoms with E-state index < -0.39 is 0 Å². The van der Waals surface area contributed by atoms with Crippen molar-refractivity contribution in [3.63, 3.8) is 0 Å². The summed E-state index contributed by atoms with van der Waals surface area (Å²) < 4.78 is 5.42. The molecular formula is C24H32N2O2. The average Bonchev–Trinajstić information content (AvgIpc) is 3.04. The number of amides is 1. The van der Waals surface area contributed by atoms with Crippen LogP contribution in [0.3, 0.4) is 0 Å². The molecule has 3 aliphatic carbocycles. The number of rotatable bonds is 2. The molecule has 150 valence electrons. The maximum absolute atomic E-state index is 12.2. The van der Waals surface area contributed by atoms with Crippen molar-refractivity contribution in [3.8, 4) is 5.75 Å². The van der Waals surface area contributed by atoms with Gasteiger partial charge >= 0.3 is 0 Å². The van der Waals surface area contributed by atoms with E-state index in [0.717, 1.165) is 31.1 Å². The molecule has 1 aromatic heterocycles. The fourth-order valence-corrected chi connectivity index (χ4v) is 7.48. The molecule has 4 aliphatic rings. The van der Waals surface area contributed by atoms with Crippen molar-refractivity contribution in [2.24, 2.45) is 34.5 Å². The van der Waals surface area contributed by atoms with E-state index in [0.29, 0.717) is 17.8 Å². The van der Waals surface area contributed by atoms with Crippen LogP contribution in [0.25, 0.3) is 5.57 Å². The van der Waals surface area contributed by atoms with Crippen molar-refractivity contribution >= 4 is 11.5 Å². The van der Waals surface area contributed by atoms with Gasteiger partial charge < -0.3 is 10.1 Å². The Balaban J connectivity index is 1.45. The lowest BCUT2D eigenvalue weighted by Crippen LogP contribution is -2.57. The van der Waals surface area contributed by atoms with Gasteiger partial charge in [-0.05, 0) is 83.8 Å². The molecule has 0 radical (unpaired) electrons. The zero-order chi connectivity index (χ0) is 19.5. The number of piperidine rings is 1. The first-order chi connectivity index (χ1) is 13.5. The van der Waals surface area contributed by atoms with Crippen molar-refractivity contribution in [2.75, 3.05) is 13.7 Å². The van der Waals surface area contributed by atoms with E-state index in [-0.39, 0.29) is 16.7 Å². The van der Waals surface area contributed by atoms with Crippen LogP contribution in [-0.2, 0) is 4.79 Å². The highest BCUT2D eigenvalue weighted by Crippen LogP contribution is 2.66. The highest BCUT2D eigenvalue weighted by Gasteiger charge is 2.59. The largest absolute Gasteiger partial charge is 0.495 e. The SMILES string of the molecule is COc1cncc(C2=CCC3C4CCC5CNC(=O)CC5(C)C4CCC23C)c1. The van der Waals surface area contributed by atoms with E-state index in [9.17, 15) is 4.79 Å². The zero-order valence-corrected chi connectivity index (χ0v) is 17.3. The molecule has 6 atom stereocenters. The molecule has 0 bridgehead atoms. The molecule has 1 aliphatic heterocycles. The molecular weight excluding hydrogens is 348 g/mol. The summed E-state index contributed by atoms with van der Waals surface area (Å²) >= 11 is 0. The van der Waals surface area contributed by atoms with Crippen LogP contribution < -0.4 is 10.1 Å². The summed E-state index contributed by atoms with van der Waals surface area (Å²) in [7, 11) is 1.71. The summed E-state index contributed by atoms with van der Waals surface area (Å²) in [5, 5.41) is 3.13. The second-order valence-electron chi connectivity index (χ2n) is 10.1. The summed E-state index contributed by atoms with van der Waals surface area (Å²) in [6.07, 6.45) is 13.2. The van der Waals surface area contributed by atoms with Crippen molar-refractivity contribution in [1.82, 2.24) is 10.3 Å². The van der Waals surface area contributed by atoms with Gasteiger partial charge in [0.05, 0.1) is 13.3 Å². The molecule has 5 rings (SSSR count). The molecule has 6 unspecified atom stereocenters. The van der Waals surface area contributed by atoms with Gasteiger partial charge in [0.15, 0.2) is 0 Å². The molecule has 1 saturated heterocycles. The van der Waals surface area contributed by atoms with Gasteiger partial charge in [0, 0.05) is 19.2 Å². The Morgan fingerprint density at radius 1 is 1.18 bits per heavy atom. The van der Waals surface area contributed by atoms with E-state index in [1.54, 1.807) is 13.3 Å². The predicted octanol–water partition coefficient (Wildman–Crippen LogP) is 4.46. The van der Waals surface area contributed by atoms with Gasteiger partial charge in [0.25, 0.3) is 0 Å². The maximum Gasteiger partial charge on any atom is 0.220 e. The smallest absolute Gasteiger partial charge is 0.220 e. The van der Waals surface area contributed by atoms with Crippen molar-refractivity contribution < 1.29 is 9.53 Å². The number of carbonyl (C=O) groups is 1. The minimum Gasteiger partial charge on any atom is -0.495 e. The van der Waals surface area contributed by atoms with Crippen LogP contribution in [0, 0.1) is 34.5 Å². The number of nitrogens with one attached hydrogen (secondary N) is 1. The number of hydrogen-bond donors (Lipinski definition) is 1. The van der Waals surface area contributed by atoms with Crippen molar-refractivity contribution in [2.45, 2.75) is 52.4 Å². The lowest BCUT2D eigenvalue weighted by Gasteiger charge is -2.59. The van der Waals surface area contributed by atoms with E-state index >= 15 is 0 Å². The third-order valence-electron chi connectivity index (χ3n) is 8.99. The Hall–Kier alpha value is -1.84. The van der Waals surface area contributed by atoms with Crippen LogP contribution in [-0.4, -0.2) is 24.5 Å². The first-order valence-corrected chi connectivity index (χ1v) is 10.9. The lowest BCUT2D eigenvalue weighted by atomic mass is 9.46. The highest BCUT2D eigenvalue weighted by atomic mass is 16.5. The monoisotopic (exact) mass is 380 g/mol. The van der Waals surface area contributed by atoms with Gasteiger partial charge in [-0.3, -0.25) is 9.78 Å². The molecule has 2 heterocycles. The first kappa shape index (κ1) is 18.2. The minimum absolute atomic E-state index is 0.187. The normalized spacial score (nSPS) is 42.0. The molecule has 2 saturated carbocycles. The number of aromatic nitrogens is 1. The van der Waals surface area contributed by atoms with E-state index in [1.165, 1.54) is 36.8 Å². The van der Waals surface area contributed by atoms with Crippen LogP contribution >= 0.6 is 0 Å². The maximum atomic E-state index is 12.2. The molecule has 1 aromatic rings. The van der Waals surface area contributed by atoms with E-state index in [4.69, 9.17) is 4.74 Å². The lowest BCUT2D eigenvalue weighted by molar-refractivity contribution is -0.139. The van der Waals surface area contributed by atoms with Gasteiger partial charge in [-0.15, -0.1) is 0 Å². The number of nitrogens with zero attached hydrogens (tertiary/aromatic N) is 1. The fourth-order valence-electron chi connectivity index (χ4n) is 7.48. The van der Waals surface area contributed by atoms with Crippen LogP contribution in [0.1, 0.15) is 57.9 Å². The molecule has 28 heavy (non-hydrogen) atoms. The summed E-state index contributed by atoms with van der Waals surface area (Å²) in [6, 6.07) is 2.14. The Kier molecular flexibility index (Phi) is 4.12. The fraction of sp³-hybridized carbons (Fsp3) is 0.667. The second-order valence-corrected chi connectivity index (χ2v) is 10.1. The Morgan fingerprint density at radius 2 is 2.04 bits per heavy atom. The average molecular weight is 381 g/mol. The van der Waals surface area contributed by atoms with Gasteiger partial charge in [-0.2, -0.15) is 0 Å². The zero-order valence-electron chi connectivity index (χ0n) is 17.3. The molecule has 1 N–H and O–H groups in total. The van der Waals surface area contributed by atoms with E-state index in [2.05, 4.69) is 36.3 Å². The second kappa shape index (κ2) is 6.33. The van der Waals surface area contributed by atoms with Crippen LogP contribution in [0.2, 0.25) is 0 Å². The number of pyridine rings is 1. The summed E-state index contributed by atoms with van der Waals surface area (Å²) in [6.45, 7) is 5.79. The molecule has 1 amide bonds. The first-order valence-electron chi connectivity index (χ1n) is 10.9. The van der Waals surface area contributed by atoms with Gasteiger partial charge in [-0.1, -0.05) is 19.9 Å². The highest BCUT2D eigenvalue weighted by molar-refractivity contribution is 5.78. The number of hydrogen-bond acceptors (Lipinski definition) is 3. The van der Waals surface area contributed by atoms with Crippen LogP contribution in [0.15, 0.2) is 24.5 Å². The third-order valence-corrected chi connectivity index (χ3v) is 8.99. The van der Waals surface area contributed by atoms with Crippen molar-refractivity contribution in [3.05, 3.63) is 30.1 Å². The van der Waals surface area contributed by atoms with Gasteiger partial charge in [0.2, 0.25) is 5.91 Å². The minimum atomic E-state index is 0.187. The summed E-state index contributed by atoms with van der Waals surface area (Å²) in [5.74, 6) is 3.87. The number of allylic oxidation sites excluding steroid dienone is 2. The summed E-state index contributed by atoms with van der Waals surface area (Å²) in [5.41, 5.74) is 3.10. The number of fused-ring (bicyclic) bond motifs is 5. The molecule has 0 spiro atoms. The number of carbonyl (C=O) groups excluding carboxylic acids is 1. The topological polar surface area (TPSA) is 51.2 Å². The van der Waals surface area contributed by atoms with Crippen LogP contribution in [0.4, 0.5) is 0 Å². The quantitative estimate of drug-likeness (QED) is 0.824. The molecule has 4 nitrogen and oxygen atoms in total. The van der Waals surface area contributed by atoms with Gasteiger partial charge in [0.1, 0.15) is 5.75 Å². The standard InChI is InChI=1S/C24H32N2O2/c1-23-9-8-21-18(5-4-16-13-26-22(27)11-24(16,21)2)20(23)7-6-19(23)15-10-17(28-3)14-25-12-15/h6,10,12,14,16,18,20-21H,4-5,7-9,11,13H2,1-3H3,(H,26,27). The van der Waals surface area contributed by atoms with Crippen LogP contribution in [0.5, 0.6) is 5.75 Å². The van der Waals surface area contributed by atoms with E-state index in [1.807, 2.05) is 6.20 Å². The van der Waals surface area contributed by atoms with Crippen molar-refractivity contribution in [1.29, 1.82) is 0 Å². The molecule has 3 fully saturated rings. The molecule has 0 aromatic carbocycles. The molecule has 4 heteroatoms. The Bertz CT molecular complexity index is 834.